The second kappa shape index (κ2) is 6.42. The third kappa shape index (κ3) is 3.51. The van der Waals surface area contributed by atoms with Crippen LogP contribution < -0.4 is 11.3 Å². The molecule has 0 bridgehead atoms. The highest BCUT2D eigenvalue weighted by atomic mass is 35.5. The molecule has 2 rings (SSSR count). The zero-order chi connectivity index (χ0) is 14.8. The second-order valence-corrected chi connectivity index (χ2v) is 6.97. The molecule has 20 heavy (non-hydrogen) atoms. The van der Waals surface area contributed by atoms with Crippen molar-refractivity contribution in [3.8, 4) is 0 Å². The van der Waals surface area contributed by atoms with Crippen molar-refractivity contribution in [3.63, 3.8) is 0 Å². The summed E-state index contributed by atoms with van der Waals surface area (Å²) >= 11 is 5.73. The van der Waals surface area contributed by atoms with E-state index in [-0.39, 0.29) is 22.3 Å². The van der Waals surface area contributed by atoms with Crippen molar-refractivity contribution < 1.29 is 4.39 Å². The number of rotatable bonds is 4. The fraction of sp³-hybridized carbons (Fsp3) is 0.625. The highest BCUT2D eigenvalue weighted by Gasteiger charge is 2.37. The molecule has 0 heterocycles. The van der Waals surface area contributed by atoms with E-state index >= 15 is 0 Å². The van der Waals surface area contributed by atoms with E-state index in [1.807, 2.05) is 6.07 Å². The summed E-state index contributed by atoms with van der Waals surface area (Å²) in [6.45, 7) is 4.62. The maximum Gasteiger partial charge on any atom is 0.142 e. The van der Waals surface area contributed by atoms with E-state index in [4.69, 9.17) is 17.4 Å². The van der Waals surface area contributed by atoms with Crippen molar-refractivity contribution in [2.24, 2.45) is 17.2 Å². The maximum atomic E-state index is 13.5. The molecule has 0 amide bonds. The minimum absolute atomic E-state index is 0.170. The van der Waals surface area contributed by atoms with Gasteiger partial charge in [-0.25, -0.2) is 4.39 Å². The molecule has 3 N–H and O–H groups in total. The van der Waals surface area contributed by atoms with Gasteiger partial charge in [0, 0.05) is 6.04 Å². The first kappa shape index (κ1) is 15.7. The van der Waals surface area contributed by atoms with Crippen LogP contribution in [0.3, 0.4) is 0 Å². The number of hydrogen-bond donors (Lipinski definition) is 2. The highest BCUT2D eigenvalue weighted by Crippen LogP contribution is 2.42. The van der Waals surface area contributed by atoms with Crippen LogP contribution in [-0.4, -0.2) is 6.04 Å². The first-order valence-corrected chi connectivity index (χ1v) is 7.72. The molecule has 0 aromatic heterocycles. The predicted molar refractivity (Wildman–Crippen MR) is 82.0 cm³/mol. The Morgan fingerprint density at radius 3 is 2.80 bits per heavy atom. The lowest BCUT2D eigenvalue weighted by Gasteiger charge is -2.43. The van der Waals surface area contributed by atoms with Crippen molar-refractivity contribution >= 4 is 11.6 Å². The van der Waals surface area contributed by atoms with Gasteiger partial charge in [0.25, 0.3) is 0 Å². The van der Waals surface area contributed by atoms with E-state index in [0.29, 0.717) is 5.92 Å². The zero-order valence-corrected chi connectivity index (χ0v) is 13.0. The molecule has 1 saturated carbocycles. The van der Waals surface area contributed by atoms with Crippen molar-refractivity contribution in [2.75, 3.05) is 0 Å². The molecule has 2 nitrogen and oxygen atoms in total. The molecular weight excluding hydrogens is 275 g/mol. The molecule has 1 aliphatic carbocycles. The number of benzene rings is 1. The molecular formula is C16H24ClFN2. The minimum Gasteiger partial charge on any atom is -0.271 e. The molecule has 1 aromatic carbocycles. The van der Waals surface area contributed by atoms with Gasteiger partial charge in [0.15, 0.2) is 0 Å². The van der Waals surface area contributed by atoms with Gasteiger partial charge < -0.3 is 0 Å². The normalized spacial score (nSPS) is 23.6. The van der Waals surface area contributed by atoms with Gasteiger partial charge in [0.2, 0.25) is 0 Å². The first-order valence-electron chi connectivity index (χ1n) is 7.34. The zero-order valence-electron chi connectivity index (χ0n) is 12.3. The summed E-state index contributed by atoms with van der Waals surface area (Å²) in [5.74, 6) is 5.93. The molecule has 2 unspecified atom stereocenters. The summed E-state index contributed by atoms with van der Waals surface area (Å²) in [7, 11) is 0. The van der Waals surface area contributed by atoms with Crippen LogP contribution in [0.2, 0.25) is 5.02 Å². The maximum absolute atomic E-state index is 13.5. The van der Waals surface area contributed by atoms with Gasteiger partial charge in [-0.2, -0.15) is 0 Å². The van der Waals surface area contributed by atoms with Crippen LogP contribution in [0.5, 0.6) is 0 Å². The molecule has 1 fully saturated rings. The van der Waals surface area contributed by atoms with Gasteiger partial charge in [0.05, 0.1) is 5.02 Å². The fourth-order valence-corrected chi connectivity index (χ4v) is 3.62. The highest BCUT2D eigenvalue weighted by molar-refractivity contribution is 6.30. The Kier molecular flexibility index (Phi) is 5.05. The Morgan fingerprint density at radius 1 is 1.45 bits per heavy atom. The number of nitrogens with one attached hydrogen (secondary N) is 1. The van der Waals surface area contributed by atoms with E-state index in [1.165, 1.54) is 31.7 Å². The van der Waals surface area contributed by atoms with Crippen LogP contribution in [0.25, 0.3) is 0 Å². The topological polar surface area (TPSA) is 38.0 Å². The minimum atomic E-state index is -0.358. The molecule has 4 heteroatoms. The largest absolute Gasteiger partial charge is 0.271 e. The van der Waals surface area contributed by atoms with Crippen LogP contribution >= 0.6 is 11.6 Å². The second-order valence-electron chi connectivity index (χ2n) is 6.57. The predicted octanol–water partition coefficient (Wildman–Crippen LogP) is 4.07. The summed E-state index contributed by atoms with van der Waals surface area (Å²) in [6.07, 6.45) is 5.68. The number of hydrogen-bond acceptors (Lipinski definition) is 2. The number of hydrazine groups is 1. The molecule has 1 aliphatic rings. The quantitative estimate of drug-likeness (QED) is 0.649. The van der Waals surface area contributed by atoms with Crippen LogP contribution in [-0.2, 0) is 6.42 Å². The summed E-state index contributed by atoms with van der Waals surface area (Å²) in [5, 5.41) is 0.170. The van der Waals surface area contributed by atoms with E-state index < -0.39 is 0 Å². The van der Waals surface area contributed by atoms with Gasteiger partial charge in [-0.15, -0.1) is 0 Å². The smallest absolute Gasteiger partial charge is 0.142 e. The van der Waals surface area contributed by atoms with Crippen molar-refractivity contribution in [1.29, 1.82) is 0 Å². The summed E-state index contributed by atoms with van der Waals surface area (Å²) in [6, 6.07) is 5.19. The Balaban J connectivity index is 2.13. The van der Waals surface area contributed by atoms with Gasteiger partial charge in [-0.05, 0) is 48.3 Å². The lowest BCUT2D eigenvalue weighted by Crippen LogP contribution is -2.48. The standard InChI is InChI=1S/C16H24ClFN2/c1-16(2)8-4-3-5-12(16)15(20-19)10-11-6-7-13(17)14(18)9-11/h6-7,9,12,15,20H,3-5,8,10,19H2,1-2H3. The summed E-state index contributed by atoms with van der Waals surface area (Å²) in [4.78, 5) is 0. The number of halogens is 2. The Bertz CT molecular complexity index is 462. The van der Waals surface area contributed by atoms with E-state index in [2.05, 4.69) is 19.3 Å². The molecule has 0 aliphatic heterocycles. The molecule has 1 aromatic rings. The van der Waals surface area contributed by atoms with Gasteiger partial charge in [0.1, 0.15) is 5.82 Å². The van der Waals surface area contributed by atoms with Crippen LogP contribution in [0, 0.1) is 17.2 Å². The average molecular weight is 299 g/mol. The first-order chi connectivity index (χ1) is 9.44. The summed E-state index contributed by atoms with van der Waals surface area (Å²) in [5.41, 5.74) is 4.17. The monoisotopic (exact) mass is 298 g/mol. The molecule has 0 saturated heterocycles. The van der Waals surface area contributed by atoms with Gasteiger partial charge >= 0.3 is 0 Å². The van der Waals surface area contributed by atoms with Gasteiger partial charge in [-0.3, -0.25) is 11.3 Å². The van der Waals surface area contributed by atoms with Crippen molar-refractivity contribution in [1.82, 2.24) is 5.43 Å². The third-order valence-corrected chi connectivity index (χ3v) is 5.04. The third-order valence-electron chi connectivity index (χ3n) is 4.73. The Morgan fingerprint density at radius 2 is 2.20 bits per heavy atom. The van der Waals surface area contributed by atoms with Crippen LogP contribution in [0.15, 0.2) is 18.2 Å². The molecule has 0 radical (unpaired) electrons. The molecule has 0 spiro atoms. The van der Waals surface area contributed by atoms with Crippen LogP contribution in [0.4, 0.5) is 4.39 Å². The Hall–Kier alpha value is -0.640. The van der Waals surface area contributed by atoms with E-state index in [1.54, 1.807) is 6.07 Å². The van der Waals surface area contributed by atoms with E-state index in [0.717, 1.165) is 12.0 Å². The van der Waals surface area contributed by atoms with Gasteiger partial charge in [-0.1, -0.05) is 44.4 Å². The Labute approximate surface area is 125 Å². The number of nitrogens with two attached hydrogens (primary N) is 1. The lowest BCUT2D eigenvalue weighted by molar-refractivity contribution is 0.0981. The fourth-order valence-electron chi connectivity index (χ4n) is 3.50. The van der Waals surface area contributed by atoms with Crippen molar-refractivity contribution in [2.45, 2.75) is 52.0 Å². The van der Waals surface area contributed by atoms with Crippen molar-refractivity contribution in [3.05, 3.63) is 34.6 Å². The van der Waals surface area contributed by atoms with E-state index in [9.17, 15) is 4.39 Å². The van der Waals surface area contributed by atoms with Crippen LogP contribution in [0.1, 0.15) is 45.1 Å². The summed E-state index contributed by atoms with van der Waals surface area (Å²) < 4.78 is 13.5. The SMILES string of the molecule is CC1(C)CCCCC1C(Cc1ccc(Cl)c(F)c1)NN. The average Bonchev–Trinajstić information content (AvgIpc) is 2.40. The molecule has 112 valence electrons. The lowest BCUT2D eigenvalue weighted by atomic mass is 9.65. The molecule has 2 atom stereocenters.